The first kappa shape index (κ1) is 14.9. The van der Waals surface area contributed by atoms with Crippen molar-refractivity contribution in [1.29, 1.82) is 0 Å². The summed E-state index contributed by atoms with van der Waals surface area (Å²) >= 11 is 0. The molecule has 1 aliphatic heterocycles. The van der Waals surface area contributed by atoms with E-state index in [0.717, 1.165) is 25.3 Å². The highest BCUT2D eigenvalue weighted by atomic mass is 16.3. The van der Waals surface area contributed by atoms with Gasteiger partial charge in [-0.3, -0.25) is 4.90 Å². The number of hydrogen-bond acceptors (Lipinski definition) is 4. The third-order valence-corrected chi connectivity index (χ3v) is 3.90. The molecule has 0 aliphatic carbocycles. The van der Waals surface area contributed by atoms with Crippen LogP contribution in [-0.4, -0.2) is 67.3 Å². The smallest absolute Gasteiger partial charge is 0.0601 e. The van der Waals surface area contributed by atoms with Crippen LogP contribution >= 0.6 is 0 Å². The summed E-state index contributed by atoms with van der Waals surface area (Å²) in [4.78, 5) is 4.63. The molecule has 102 valence electrons. The van der Waals surface area contributed by atoms with Crippen molar-refractivity contribution in [2.45, 2.75) is 38.3 Å². The second kappa shape index (κ2) is 7.31. The minimum atomic E-state index is 0.0918. The predicted octanol–water partition coefficient (Wildman–Crippen LogP) is 0.358. The molecule has 4 nitrogen and oxygen atoms in total. The molecule has 0 aromatic heterocycles. The largest absolute Gasteiger partial charge is 0.395 e. The van der Waals surface area contributed by atoms with Crippen LogP contribution in [0.1, 0.15) is 26.2 Å². The van der Waals surface area contributed by atoms with E-state index in [2.05, 4.69) is 30.8 Å². The Kier molecular flexibility index (Phi) is 6.41. The van der Waals surface area contributed by atoms with Crippen molar-refractivity contribution >= 4 is 0 Å². The molecule has 0 radical (unpaired) electrons. The quantitative estimate of drug-likeness (QED) is 0.678. The molecule has 4 heteroatoms. The van der Waals surface area contributed by atoms with Gasteiger partial charge in [0.05, 0.1) is 6.61 Å². The van der Waals surface area contributed by atoms with Crippen LogP contribution in [0.4, 0.5) is 0 Å². The summed E-state index contributed by atoms with van der Waals surface area (Å²) in [6.45, 7) is 5.72. The van der Waals surface area contributed by atoms with Crippen molar-refractivity contribution < 1.29 is 5.11 Å². The van der Waals surface area contributed by atoms with Crippen molar-refractivity contribution in [2.75, 3.05) is 40.3 Å². The van der Waals surface area contributed by atoms with Crippen LogP contribution in [0.15, 0.2) is 0 Å². The van der Waals surface area contributed by atoms with Crippen LogP contribution in [-0.2, 0) is 0 Å². The van der Waals surface area contributed by atoms with Gasteiger partial charge in [0.2, 0.25) is 0 Å². The maximum absolute atomic E-state index is 9.49. The molecule has 0 saturated carbocycles. The van der Waals surface area contributed by atoms with E-state index in [0.29, 0.717) is 0 Å². The van der Waals surface area contributed by atoms with Gasteiger partial charge in [-0.1, -0.05) is 13.3 Å². The first-order valence-electron chi connectivity index (χ1n) is 6.83. The lowest BCUT2D eigenvalue weighted by molar-refractivity contribution is 0.110. The molecule has 3 N–H and O–H groups in total. The Hall–Kier alpha value is -0.160. The summed E-state index contributed by atoms with van der Waals surface area (Å²) < 4.78 is 0. The van der Waals surface area contributed by atoms with Gasteiger partial charge in [-0.05, 0) is 39.4 Å². The summed E-state index contributed by atoms with van der Waals surface area (Å²) in [5.41, 5.74) is 6.13. The summed E-state index contributed by atoms with van der Waals surface area (Å²) in [6.07, 6.45) is 3.33. The number of likely N-dealkylation sites (N-methyl/N-ethyl adjacent to an activating group) is 1. The molecule has 1 fully saturated rings. The zero-order valence-electron chi connectivity index (χ0n) is 11.6. The van der Waals surface area contributed by atoms with Gasteiger partial charge >= 0.3 is 0 Å². The van der Waals surface area contributed by atoms with E-state index in [1.807, 2.05) is 0 Å². The molecule has 17 heavy (non-hydrogen) atoms. The molecule has 1 saturated heterocycles. The molecule has 0 aromatic rings. The zero-order valence-corrected chi connectivity index (χ0v) is 11.6. The SMILES string of the molecule is CCCC(N)C(CO)N(C)CC1CCN(C)C1. The predicted molar refractivity (Wildman–Crippen MR) is 72.0 cm³/mol. The zero-order chi connectivity index (χ0) is 12.8. The number of aliphatic hydroxyl groups is 1. The Morgan fingerprint density at radius 1 is 1.53 bits per heavy atom. The van der Waals surface area contributed by atoms with Crippen LogP contribution in [0.5, 0.6) is 0 Å². The van der Waals surface area contributed by atoms with Gasteiger partial charge in [0.15, 0.2) is 0 Å². The second-order valence-corrected chi connectivity index (χ2v) is 5.56. The Labute approximate surface area is 106 Å². The van der Waals surface area contributed by atoms with Crippen LogP contribution in [0, 0.1) is 5.92 Å². The van der Waals surface area contributed by atoms with Gasteiger partial charge in [0.25, 0.3) is 0 Å². The molecule has 0 bridgehead atoms. The Morgan fingerprint density at radius 3 is 2.71 bits per heavy atom. The molecule has 0 amide bonds. The van der Waals surface area contributed by atoms with Crippen molar-refractivity contribution in [3.05, 3.63) is 0 Å². The Bertz CT molecular complexity index is 213. The van der Waals surface area contributed by atoms with Gasteiger partial charge in [0.1, 0.15) is 0 Å². The minimum absolute atomic E-state index is 0.0918. The van der Waals surface area contributed by atoms with Crippen molar-refractivity contribution in [3.8, 4) is 0 Å². The fourth-order valence-corrected chi connectivity index (χ4v) is 2.85. The summed E-state index contributed by atoms with van der Waals surface area (Å²) in [5.74, 6) is 0.730. The summed E-state index contributed by atoms with van der Waals surface area (Å²) in [7, 11) is 4.26. The summed E-state index contributed by atoms with van der Waals surface area (Å²) in [5, 5.41) is 9.49. The monoisotopic (exact) mass is 243 g/mol. The molecule has 0 spiro atoms. The molecular formula is C13H29N3O. The standard InChI is InChI=1S/C13H29N3O/c1-4-5-12(14)13(10-17)16(3)9-11-6-7-15(2)8-11/h11-13,17H,4-10,14H2,1-3H3. The molecule has 3 atom stereocenters. The molecule has 0 aromatic carbocycles. The number of likely N-dealkylation sites (tertiary alicyclic amines) is 1. The number of nitrogens with two attached hydrogens (primary N) is 1. The number of aliphatic hydroxyl groups excluding tert-OH is 1. The van der Waals surface area contributed by atoms with Gasteiger partial charge in [-0.2, -0.15) is 0 Å². The van der Waals surface area contributed by atoms with Crippen LogP contribution < -0.4 is 5.73 Å². The maximum Gasteiger partial charge on any atom is 0.0601 e. The van der Waals surface area contributed by atoms with Crippen LogP contribution in [0.2, 0.25) is 0 Å². The Balaban J connectivity index is 2.40. The van der Waals surface area contributed by atoms with Gasteiger partial charge in [0, 0.05) is 25.2 Å². The van der Waals surface area contributed by atoms with Gasteiger partial charge in [-0.15, -0.1) is 0 Å². The van der Waals surface area contributed by atoms with Crippen molar-refractivity contribution in [3.63, 3.8) is 0 Å². The highest BCUT2D eigenvalue weighted by Gasteiger charge is 2.26. The average molecular weight is 243 g/mol. The van der Waals surface area contributed by atoms with E-state index in [4.69, 9.17) is 5.73 Å². The topological polar surface area (TPSA) is 52.7 Å². The van der Waals surface area contributed by atoms with E-state index in [-0.39, 0.29) is 18.7 Å². The van der Waals surface area contributed by atoms with Crippen LogP contribution in [0.25, 0.3) is 0 Å². The average Bonchev–Trinajstić information content (AvgIpc) is 2.65. The van der Waals surface area contributed by atoms with E-state index in [1.54, 1.807) is 0 Å². The maximum atomic E-state index is 9.49. The Morgan fingerprint density at radius 2 is 2.24 bits per heavy atom. The van der Waals surface area contributed by atoms with E-state index < -0.39 is 0 Å². The fraction of sp³-hybridized carbons (Fsp3) is 1.00. The molecule has 3 unspecified atom stereocenters. The van der Waals surface area contributed by atoms with E-state index in [9.17, 15) is 5.11 Å². The molecule has 1 heterocycles. The van der Waals surface area contributed by atoms with Crippen molar-refractivity contribution in [2.24, 2.45) is 11.7 Å². The fourth-order valence-electron chi connectivity index (χ4n) is 2.85. The third-order valence-electron chi connectivity index (χ3n) is 3.90. The van der Waals surface area contributed by atoms with E-state index >= 15 is 0 Å². The normalized spacial score (nSPS) is 25.4. The van der Waals surface area contributed by atoms with Crippen molar-refractivity contribution in [1.82, 2.24) is 9.80 Å². The third kappa shape index (κ3) is 4.54. The molecule has 1 rings (SSSR count). The lowest BCUT2D eigenvalue weighted by Crippen LogP contribution is -2.49. The lowest BCUT2D eigenvalue weighted by Gasteiger charge is -2.32. The first-order valence-corrected chi connectivity index (χ1v) is 6.83. The summed E-state index contributed by atoms with van der Waals surface area (Å²) in [6, 6.07) is 0.204. The van der Waals surface area contributed by atoms with Gasteiger partial charge < -0.3 is 15.7 Å². The second-order valence-electron chi connectivity index (χ2n) is 5.56. The lowest BCUT2D eigenvalue weighted by atomic mass is 10.0. The van der Waals surface area contributed by atoms with Gasteiger partial charge in [-0.25, -0.2) is 0 Å². The number of nitrogens with zero attached hydrogens (tertiary/aromatic N) is 2. The highest BCUT2D eigenvalue weighted by molar-refractivity contribution is 4.83. The molecular weight excluding hydrogens is 214 g/mol. The van der Waals surface area contributed by atoms with Crippen LogP contribution in [0.3, 0.4) is 0 Å². The van der Waals surface area contributed by atoms with E-state index in [1.165, 1.54) is 19.5 Å². The number of rotatable bonds is 7. The number of hydrogen-bond donors (Lipinski definition) is 2. The highest BCUT2D eigenvalue weighted by Crippen LogP contribution is 2.17. The molecule has 1 aliphatic rings. The first-order chi connectivity index (χ1) is 8.08. The minimum Gasteiger partial charge on any atom is -0.395 e.